The predicted octanol–water partition coefficient (Wildman–Crippen LogP) is 1.83. The zero-order valence-electron chi connectivity index (χ0n) is 13.4. The summed E-state index contributed by atoms with van der Waals surface area (Å²) in [5.41, 5.74) is 2.92. The Balaban J connectivity index is 1.75. The highest BCUT2D eigenvalue weighted by Gasteiger charge is 2.14. The van der Waals surface area contributed by atoms with Gasteiger partial charge in [0.25, 0.3) is 0 Å². The van der Waals surface area contributed by atoms with Gasteiger partial charge in [0.2, 0.25) is 10.0 Å². The molecule has 0 aliphatic heterocycles. The van der Waals surface area contributed by atoms with Crippen molar-refractivity contribution >= 4 is 10.0 Å². The van der Waals surface area contributed by atoms with E-state index in [1.54, 1.807) is 23.3 Å². The Bertz CT molecular complexity index is 1030. The number of nitrogens with one attached hydrogen (secondary N) is 1. The normalized spacial score (nSPS) is 11.2. The van der Waals surface area contributed by atoms with E-state index in [1.807, 2.05) is 25.4 Å². The number of benzene rings is 1. The highest BCUT2D eigenvalue weighted by Crippen LogP contribution is 2.18. The van der Waals surface area contributed by atoms with E-state index in [0.29, 0.717) is 5.56 Å². The summed E-state index contributed by atoms with van der Waals surface area (Å²) < 4.78 is 28.9. The number of sulfonamides is 1. The second-order valence-corrected chi connectivity index (χ2v) is 7.21. The topological polar surface area (TPSA) is 101 Å². The summed E-state index contributed by atoms with van der Waals surface area (Å²) in [4.78, 5) is 4.27. The van der Waals surface area contributed by atoms with Crippen LogP contribution in [0.1, 0.15) is 11.1 Å². The molecular weight excluding hydrogens is 338 g/mol. The van der Waals surface area contributed by atoms with Crippen LogP contribution in [0, 0.1) is 11.3 Å². The third-order valence-corrected chi connectivity index (χ3v) is 5.01. The van der Waals surface area contributed by atoms with E-state index in [1.165, 1.54) is 24.3 Å². The quantitative estimate of drug-likeness (QED) is 0.754. The highest BCUT2D eigenvalue weighted by molar-refractivity contribution is 7.89. The predicted molar refractivity (Wildman–Crippen MR) is 91.6 cm³/mol. The first-order valence-electron chi connectivity index (χ1n) is 7.41. The van der Waals surface area contributed by atoms with E-state index in [0.717, 1.165) is 16.7 Å². The maximum atomic E-state index is 12.3. The van der Waals surface area contributed by atoms with Crippen LogP contribution < -0.4 is 4.72 Å². The monoisotopic (exact) mass is 353 g/mol. The van der Waals surface area contributed by atoms with Gasteiger partial charge in [0.15, 0.2) is 0 Å². The Morgan fingerprint density at radius 2 is 1.92 bits per heavy atom. The summed E-state index contributed by atoms with van der Waals surface area (Å²) in [5.74, 6) is 0. The molecule has 0 aliphatic rings. The number of pyridine rings is 1. The lowest BCUT2D eigenvalue weighted by Crippen LogP contribution is -2.23. The molecule has 126 valence electrons. The van der Waals surface area contributed by atoms with Crippen molar-refractivity contribution in [2.75, 3.05) is 0 Å². The fourth-order valence-electron chi connectivity index (χ4n) is 2.28. The molecule has 0 amide bonds. The molecule has 0 saturated heterocycles. The van der Waals surface area contributed by atoms with Crippen molar-refractivity contribution in [2.24, 2.45) is 7.05 Å². The fourth-order valence-corrected chi connectivity index (χ4v) is 3.30. The van der Waals surface area contributed by atoms with Crippen LogP contribution in [0.4, 0.5) is 0 Å². The third-order valence-electron chi connectivity index (χ3n) is 3.59. The van der Waals surface area contributed by atoms with Crippen molar-refractivity contribution < 1.29 is 8.42 Å². The van der Waals surface area contributed by atoms with E-state index in [-0.39, 0.29) is 11.4 Å². The highest BCUT2D eigenvalue weighted by atomic mass is 32.2. The minimum atomic E-state index is -3.66. The summed E-state index contributed by atoms with van der Waals surface area (Å²) in [5, 5.41) is 12.9. The van der Waals surface area contributed by atoms with Gasteiger partial charge in [-0.15, -0.1) is 0 Å². The van der Waals surface area contributed by atoms with Gasteiger partial charge in [-0.25, -0.2) is 13.1 Å². The number of aromatic nitrogens is 3. The lowest BCUT2D eigenvalue weighted by Gasteiger charge is -2.07. The first-order chi connectivity index (χ1) is 12.0. The standard InChI is InChI=1S/C17H15N5O2S/c1-22-12-16(11-20-22)15-6-14(8-19-10-15)9-21-25(23,24)17-4-2-13(7-18)3-5-17/h2-6,8,10-12,21H,9H2,1H3. The van der Waals surface area contributed by atoms with Crippen molar-refractivity contribution in [3.63, 3.8) is 0 Å². The van der Waals surface area contributed by atoms with Gasteiger partial charge < -0.3 is 0 Å². The number of nitrogens with zero attached hydrogens (tertiary/aromatic N) is 4. The number of aryl methyl sites for hydroxylation is 1. The molecule has 1 N–H and O–H groups in total. The zero-order chi connectivity index (χ0) is 17.9. The van der Waals surface area contributed by atoms with E-state index >= 15 is 0 Å². The zero-order valence-corrected chi connectivity index (χ0v) is 14.2. The van der Waals surface area contributed by atoms with Gasteiger partial charge in [0.05, 0.1) is 22.7 Å². The van der Waals surface area contributed by atoms with Gasteiger partial charge in [0, 0.05) is 43.3 Å². The SMILES string of the molecule is Cn1cc(-c2cncc(CNS(=O)(=O)c3ccc(C#N)cc3)c2)cn1. The van der Waals surface area contributed by atoms with Gasteiger partial charge in [0.1, 0.15) is 0 Å². The van der Waals surface area contributed by atoms with Crippen LogP contribution >= 0.6 is 0 Å². The van der Waals surface area contributed by atoms with Crippen molar-refractivity contribution in [3.05, 3.63) is 66.2 Å². The van der Waals surface area contributed by atoms with Crippen molar-refractivity contribution in [2.45, 2.75) is 11.4 Å². The van der Waals surface area contributed by atoms with Crippen molar-refractivity contribution in [1.82, 2.24) is 19.5 Å². The molecule has 7 nitrogen and oxygen atoms in total. The summed E-state index contributed by atoms with van der Waals surface area (Å²) in [6.07, 6.45) is 6.90. The molecule has 0 aliphatic carbocycles. The van der Waals surface area contributed by atoms with Crippen LogP contribution in [0.25, 0.3) is 11.1 Å². The van der Waals surface area contributed by atoms with Gasteiger partial charge in [-0.05, 0) is 35.9 Å². The minimum absolute atomic E-state index is 0.114. The van der Waals surface area contributed by atoms with Gasteiger partial charge in [-0.3, -0.25) is 9.67 Å². The Hall–Kier alpha value is -3.02. The molecule has 0 spiro atoms. The third kappa shape index (κ3) is 3.91. The maximum absolute atomic E-state index is 12.3. The van der Waals surface area contributed by atoms with Gasteiger partial charge in [-0.1, -0.05) is 0 Å². The lowest BCUT2D eigenvalue weighted by atomic mass is 10.1. The Labute approximate surface area is 145 Å². The first-order valence-corrected chi connectivity index (χ1v) is 8.89. The van der Waals surface area contributed by atoms with E-state index in [2.05, 4.69) is 14.8 Å². The molecule has 0 bridgehead atoms. The van der Waals surface area contributed by atoms with Crippen LogP contribution in [-0.4, -0.2) is 23.2 Å². The molecule has 0 fully saturated rings. The number of rotatable bonds is 5. The smallest absolute Gasteiger partial charge is 0.240 e. The fraction of sp³-hybridized carbons (Fsp3) is 0.118. The molecule has 0 saturated carbocycles. The summed E-state index contributed by atoms with van der Waals surface area (Å²) in [6, 6.07) is 9.58. The summed E-state index contributed by atoms with van der Waals surface area (Å²) in [7, 11) is -1.83. The minimum Gasteiger partial charge on any atom is -0.275 e. The Kier molecular flexibility index (Phi) is 4.61. The number of nitriles is 1. The van der Waals surface area contributed by atoms with Crippen LogP contribution in [-0.2, 0) is 23.6 Å². The van der Waals surface area contributed by atoms with Crippen LogP contribution in [0.5, 0.6) is 0 Å². The van der Waals surface area contributed by atoms with Crippen LogP contribution in [0.15, 0.2) is 60.0 Å². The molecule has 0 radical (unpaired) electrons. The average Bonchev–Trinajstić information content (AvgIpc) is 3.07. The maximum Gasteiger partial charge on any atom is 0.240 e. The Morgan fingerprint density at radius 3 is 2.56 bits per heavy atom. The molecule has 3 rings (SSSR count). The number of hydrogen-bond donors (Lipinski definition) is 1. The second kappa shape index (κ2) is 6.84. The van der Waals surface area contributed by atoms with E-state index < -0.39 is 10.0 Å². The molecule has 2 aromatic heterocycles. The molecule has 1 aromatic carbocycles. The largest absolute Gasteiger partial charge is 0.275 e. The first kappa shape index (κ1) is 16.8. The molecular formula is C17H15N5O2S. The molecule has 0 unspecified atom stereocenters. The second-order valence-electron chi connectivity index (χ2n) is 5.45. The lowest BCUT2D eigenvalue weighted by molar-refractivity contribution is 0.581. The molecule has 3 aromatic rings. The van der Waals surface area contributed by atoms with Crippen LogP contribution in [0.3, 0.4) is 0 Å². The molecule has 8 heteroatoms. The summed E-state index contributed by atoms with van der Waals surface area (Å²) in [6.45, 7) is 0.115. The van der Waals surface area contributed by atoms with E-state index in [9.17, 15) is 8.42 Å². The van der Waals surface area contributed by atoms with Gasteiger partial charge >= 0.3 is 0 Å². The van der Waals surface area contributed by atoms with E-state index in [4.69, 9.17) is 5.26 Å². The molecule has 25 heavy (non-hydrogen) atoms. The Morgan fingerprint density at radius 1 is 1.16 bits per heavy atom. The average molecular weight is 353 g/mol. The molecule has 0 atom stereocenters. The van der Waals surface area contributed by atoms with Crippen LogP contribution in [0.2, 0.25) is 0 Å². The van der Waals surface area contributed by atoms with Crippen molar-refractivity contribution in [3.8, 4) is 17.2 Å². The van der Waals surface area contributed by atoms with Crippen molar-refractivity contribution in [1.29, 1.82) is 5.26 Å². The molecule has 2 heterocycles. The van der Waals surface area contributed by atoms with Gasteiger partial charge in [-0.2, -0.15) is 10.4 Å². The number of hydrogen-bond acceptors (Lipinski definition) is 5. The summed E-state index contributed by atoms with van der Waals surface area (Å²) >= 11 is 0.